The van der Waals surface area contributed by atoms with Gasteiger partial charge in [-0.05, 0) is 43.0 Å². The summed E-state index contributed by atoms with van der Waals surface area (Å²) in [6.07, 6.45) is 4.99. The molecule has 0 bridgehead atoms. The topological polar surface area (TPSA) is 93.9 Å². The van der Waals surface area contributed by atoms with Crippen molar-refractivity contribution in [1.29, 1.82) is 0 Å². The van der Waals surface area contributed by atoms with E-state index in [1.54, 1.807) is 0 Å². The Bertz CT molecular complexity index is 758. The molecule has 7 heteroatoms. The van der Waals surface area contributed by atoms with Gasteiger partial charge in [-0.3, -0.25) is 15.0 Å². The summed E-state index contributed by atoms with van der Waals surface area (Å²) in [4.78, 5) is 25.1. The number of urea groups is 1. The van der Waals surface area contributed by atoms with Crippen LogP contribution in [0.25, 0.3) is 0 Å². The van der Waals surface area contributed by atoms with Gasteiger partial charge in [-0.2, -0.15) is 0 Å². The number of nitrogens with one attached hydrogen (secondary N) is 1. The number of hydrogen-bond acceptors (Lipinski definition) is 5. The van der Waals surface area contributed by atoms with Crippen LogP contribution in [0.15, 0.2) is 12.1 Å². The van der Waals surface area contributed by atoms with E-state index < -0.39 is 6.03 Å². The molecule has 7 nitrogen and oxygen atoms in total. The molecule has 1 aromatic rings. The zero-order chi connectivity index (χ0) is 19.0. The molecule has 1 aromatic carbocycles. The highest BCUT2D eigenvalue weighted by Crippen LogP contribution is 2.51. The van der Waals surface area contributed by atoms with Crippen LogP contribution in [0.2, 0.25) is 0 Å². The van der Waals surface area contributed by atoms with Gasteiger partial charge in [0.05, 0.1) is 0 Å². The number of benzene rings is 1. The number of carbonyl (C=O) groups excluding carboxylic acids is 2. The van der Waals surface area contributed by atoms with Gasteiger partial charge in [0.25, 0.3) is 0 Å². The number of ether oxygens (including phenoxy) is 2. The molecule has 2 heterocycles. The Hall–Kier alpha value is -2.28. The molecule has 2 aliphatic heterocycles. The maximum atomic E-state index is 11.9. The van der Waals surface area contributed by atoms with E-state index in [2.05, 4.69) is 29.3 Å². The highest BCUT2D eigenvalue weighted by atomic mass is 16.6. The Morgan fingerprint density at radius 2 is 1.89 bits per heavy atom. The van der Waals surface area contributed by atoms with E-state index in [0.29, 0.717) is 19.8 Å². The van der Waals surface area contributed by atoms with Crippen molar-refractivity contribution in [2.75, 3.05) is 26.3 Å². The van der Waals surface area contributed by atoms with Crippen molar-refractivity contribution in [1.82, 2.24) is 10.2 Å². The van der Waals surface area contributed by atoms with Crippen molar-refractivity contribution in [3.8, 4) is 11.5 Å². The lowest BCUT2D eigenvalue weighted by Gasteiger charge is -2.46. The molecule has 1 aliphatic carbocycles. The summed E-state index contributed by atoms with van der Waals surface area (Å²) in [6, 6.07) is 3.70. The van der Waals surface area contributed by atoms with E-state index >= 15 is 0 Å². The van der Waals surface area contributed by atoms with Gasteiger partial charge in [0.2, 0.25) is 5.91 Å². The van der Waals surface area contributed by atoms with Crippen LogP contribution in [0.4, 0.5) is 4.79 Å². The Labute approximate surface area is 159 Å². The summed E-state index contributed by atoms with van der Waals surface area (Å²) in [5.74, 6) is 1.34. The Balaban J connectivity index is 1.62. The van der Waals surface area contributed by atoms with Gasteiger partial charge in [0.15, 0.2) is 11.5 Å². The second-order valence-electron chi connectivity index (χ2n) is 7.88. The third-order valence-corrected chi connectivity index (χ3v) is 6.24. The number of nitrogens with zero attached hydrogens (tertiary/aromatic N) is 1. The molecular formula is C20H27N3O4. The highest BCUT2D eigenvalue weighted by Gasteiger charge is 2.44. The fourth-order valence-corrected chi connectivity index (χ4v) is 4.91. The zero-order valence-corrected chi connectivity index (χ0v) is 15.8. The maximum Gasteiger partial charge on any atom is 0.318 e. The first-order valence-electron chi connectivity index (χ1n) is 9.76. The molecule has 27 heavy (non-hydrogen) atoms. The van der Waals surface area contributed by atoms with Crippen molar-refractivity contribution in [2.24, 2.45) is 5.73 Å². The summed E-state index contributed by atoms with van der Waals surface area (Å²) >= 11 is 0. The van der Waals surface area contributed by atoms with E-state index in [-0.39, 0.29) is 23.8 Å². The number of rotatable bonds is 3. The fourth-order valence-electron chi connectivity index (χ4n) is 4.91. The predicted octanol–water partition coefficient (Wildman–Crippen LogP) is 2.23. The number of carbonyl (C=O) groups is 2. The SMILES string of the molecule is C[C@H]1c2cc3c(cc2C2(CCCC2)CN1CCC(=O)NC(N)=O)OCCO3. The van der Waals surface area contributed by atoms with Crippen LogP contribution < -0.4 is 20.5 Å². The van der Waals surface area contributed by atoms with E-state index in [1.165, 1.54) is 24.0 Å². The predicted molar refractivity (Wildman–Crippen MR) is 99.9 cm³/mol. The number of imide groups is 1. The standard InChI is InChI=1S/C20H27N3O4/c1-13-14-10-16-17(27-9-8-26-16)11-15(14)20(5-2-3-6-20)12-23(13)7-4-18(24)22-19(21)25/h10-11,13H,2-9,12H2,1H3,(H3,21,22,24,25)/t13-/m0/s1. The average Bonchev–Trinajstić information content (AvgIpc) is 3.11. The normalized spacial score (nSPS) is 23.1. The van der Waals surface area contributed by atoms with Crippen LogP contribution in [0.5, 0.6) is 11.5 Å². The van der Waals surface area contributed by atoms with Crippen LogP contribution >= 0.6 is 0 Å². The minimum Gasteiger partial charge on any atom is -0.486 e. The average molecular weight is 373 g/mol. The summed E-state index contributed by atoms with van der Waals surface area (Å²) in [5.41, 5.74) is 7.80. The van der Waals surface area contributed by atoms with Crippen LogP contribution in [0.3, 0.4) is 0 Å². The van der Waals surface area contributed by atoms with E-state index in [9.17, 15) is 9.59 Å². The smallest absolute Gasteiger partial charge is 0.318 e. The lowest BCUT2D eigenvalue weighted by Crippen LogP contribution is -2.47. The van der Waals surface area contributed by atoms with Gasteiger partial charge < -0.3 is 15.2 Å². The second kappa shape index (κ2) is 7.03. The molecule has 0 unspecified atom stereocenters. The lowest BCUT2D eigenvalue weighted by molar-refractivity contribution is -0.120. The van der Waals surface area contributed by atoms with Crippen molar-refractivity contribution in [3.63, 3.8) is 0 Å². The van der Waals surface area contributed by atoms with Gasteiger partial charge in [0.1, 0.15) is 13.2 Å². The Kier molecular flexibility index (Phi) is 4.72. The molecule has 3 amide bonds. The summed E-state index contributed by atoms with van der Waals surface area (Å²) in [6.45, 7) is 4.85. The van der Waals surface area contributed by atoms with Crippen LogP contribution in [0, 0.1) is 0 Å². The zero-order valence-electron chi connectivity index (χ0n) is 15.8. The molecule has 3 aliphatic rings. The minimum absolute atomic E-state index is 0.109. The quantitative estimate of drug-likeness (QED) is 0.847. The second-order valence-corrected chi connectivity index (χ2v) is 7.88. The highest BCUT2D eigenvalue weighted by molar-refractivity contribution is 5.93. The molecule has 4 rings (SSSR count). The van der Waals surface area contributed by atoms with Crippen LogP contribution in [0.1, 0.15) is 56.2 Å². The molecule has 1 saturated carbocycles. The molecule has 0 aromatic heterocycles. The van der Waals surface area contributed by atoms with Crippen LogP contribution in [-0.2, 0) is 10.2 Å². The fraction of sp³-hybridized carbons (Fsp3) is 0.600. The first-order chi connectivity index (χ1) is 13.0. The third-order valence-electron chi connectivity index (χ3n) is 6.24. The first-order valence-corrected chi connectivity index (χ1v) is 9.76. The molecule has 0 radical (unpaired) electrons. The van der Waals surface area contributed by atoms with Gasteiger partial charge in [-0.1, -0.05) is 12.8 Å². The third kappa shape index (κ3) is 3.36. The van der Waals surface area contributed by atoms with Crippen molar-refractivity contribution in [2.45, 2.75) is 50.5 Å². The molecule has 146 valence electrons. The summed E-state index contributed by atoms with van der Waals surface area (Å²) in [7, 11) is 0. The van der Waals surface area contributed by atoms with E-state index in [0.717, 1.165) is 30.9 Å². The van der Waals surface area contributed by atoms with Crippen molar-refractivity contribution >= 4 is 11.9 Å². The van der Waals surface area contributed by atoms with E-state index in [4.69, 9.17) is 15.2 Å². The van der Waals surface area contributed by atoms with Gasteiger partial charge in [-0.15, -0.1) is 0 Å². The summed E-state index contributed by atoms with van der Waals surface area (Å²) < 4.78 is 11.6. The minimum atomic E-state index is -0.798. The number of amides is 3. The summed E-state index contributed by atoms with van der Waals surface area (Å²) in [5, 5.41) is 2.16. The number of hydrogen-bond donors (Lipinski definition) is 2. The van der Waals surface area contributed by atoms with Crippen molar-refractivity contribution < 1.29 is 19.1 Å². The molecule has 0 saturated heterocycles. The molecule has 1 atom stereocenters. The Morgan fingerprint density at radius 1 is 1.22 bits per heavy atom. The first kappa shape index (κ1) is 18.1. The molecular weight excluding hydrogens is 346 g/mol. The molecule has 1 fully saturated rings. The molecule has 1 spiro atoms. The molecule has 3 N–H and O–H groups in total. The Morgan fingerprint density at radius 3 is 2.56 bits per heavy atom. The van der Waals surface area contributed by atoms with Gasteiger partial charge >= 0.3 is 6.03 Å². The van der Waals surface area contributed by atoms with Crippen molar-refractivity contribution in [3.05, 3.63) is 23.3 Å². The largest absolute Gasteiger partial charge is 0.486 e. The van der Waals surface area contributed by atoms with Gasteiger partial charge in [-0.25, -0.2) is 4.79 Å². The maximum absolute atomic E-state index is 11.9. The van der Waals surface area contributed by atoms with Crippen LogP contribution in [-0.4, -0.2) is 43.1 Å². The number of nitrogens with two attached hydrogens (primary N) is 1. The van der Waals surface area contributed by atoms with Gasteiger partial charge in [0, 0.05) is 31.0 Å². The number of primary amides is 1. The number of fused-ring (bicyclic) bond motifs is 3. The monoisotopic (exact) mass is 373 g/mol. The lowest BCUT2D eigenvalue weighted by atomic mass is 9.71. The van der Waals surface area contributed by atoms with E-state index in [1.807, 2.05) is 0 Å².